The van der Waals surface area contributed by atoms with Crippen LogP contribution in [0.15, 0.2) is 35.9 Å². The van der Waals surface area contributed by atoms with E-state index in [1.54, 1.807) is 29.2 Å². The Morgan fingerprint density at radius 2 is 1.88 bits per heavy atom. The number of nitrogens with one attached hydrogen (secondary N) is 1. The van der Waals surface area contributed by atoms with Crippen molar-refractivity contribution in [3.8, 4) is 5.75 Å². The fourth-order valence-corrected chi connectivity index (χ4v) is 7.02. The number of halogens is 2. The summed E-state index contributed by atoms with van der Waals surface area (Å²) in [5.41, 5.74) is 3.53. The molecule has 3 aliphatic heterocycles. The van der Waals surface area contributed by atoms with Crippen LogP contribution in [-0.4, -0.2) is 79.1 Å². The minimum Gasteiger partial charge on any atom is -0.493 e. The quantitative estimate of drug-likeness (QED) is 0.453. The number of amides is 2. The van der Waals surface area contributed by atoms with Gasteiger partial charge in [-0.3, -0.25) is 9.59 Å². The molecule has 0 aliphatic carbocycles. The maximum absolute atomic E-state index is 13.3. The first-order valence-electron chi connectivity index (χ1n) is 13.1. The number of aliphatic carboxylic acids is 1. The molecule has 2 aromatic rings. The average molecular weight is 623 g/mol. The van der Waals surface area contributed by atoms with Crippen molar-refractivity contribution >= 4 is 51.0 Å². The lowest BCUT2D eigenvalue weighted by Crippen LogP contribution is -2.43. The largest absolute Gasteiger partial charge is 0.493 e. The molecule has 10 nitrogen and oxygen atoms in total. The average Bonchev–Trinajstić information content (AvgIpc) is 3.39. The summed E-state index contributed by atoms with van der Waals surface area (Å²) in [5.74, 6) is -1.45. The number of carboxylic acids is 1. The topological polar surface area (TPSA) is 133 Å². The summed E-state index contributed by atoms with van der Waals surface area (Å²) in [6.07, 6.45) is 4.48. The molecule has 5 rings (SSSR count). The monoisotopic (exact) mass is 621 g/mol. The Labute approximate surface area is 247 Å². The number of hydrogen-bond donors (Lipinski definition) is 2. The van der Waals surface area contributed by atoms with Crippen molar-refractivity contribution in [2.45, 2.75) is 38.3 Å². The fraction of sp³-hybridized carbons (Fsp3) is 0.393. The van der Waals surface area contributed by atoms with Crippen molar-refractivity contribution in [3.05, 3.63) is 73.8 Å². The zero-order valence-corrected chi connectivity index (χ0v) is 24.6. The first-order valence-corrected chi connectivity index (χ1v) is 15.7. The molecule has 1 unspecified atom stereocenters. The summed E-state index contributed by atoms with van der Waals surface area (Å²) in [6, 6.07) is 5.73. The second-order valence-electron chi connectivity index (χ2n) is 10.4. The molecule has 2 N–H and O–H groups in total. The van der Waals surface area contributed by atoms with E-state index in [2.05, 4.69) is 5.32 Å². The second kappa shape index (κ2) is 11.6. The van der Waals surface area contributed by atoms with Crippen molar-refractivity contribution in [2.75, 3.05) is 32.5 Å². The van der Waals surface area contributed by atoms with Gasteiger partial charge >= 0.3 is 5.97 Å². The van der Waals surface area contributed by atoms with Gasteiger partial charge in [0.25, 0.3) is 11.8 Å². The Hall–Kier alpha value is -3.12. The van der Waals surface area contributed by atoms with E-state index in [1.807, 2.05) is 6.07 Å². The van der Waals surface area contributed by atoms with Gasteiger partial charge < -0.3 is 20.1 Å². The first-order chi connectivity index (χ1) is 19.4. The number of hydrogen-bond acceptors (Lipinski definition) is 6. The Kier molecular flexibility index (Phi) is 8.34. The number of nitrogens with zero attached hydrogens (tertiary/aromatic N) is 2. The van der Waals surface area contributed by atoms with E-state index in [9.17, 15) is 27.9 Å². The normalized spacial score (nSPS) is 17.6. The van der Waals surface area contributed by atoms with E-state index in [0.717, 1.165) is 24.0 Å². The van der Waals surface area contributed by atoms with E-state index < -0.39 is 27.9 Å². The van der Waals surface area contributed by atoms with Crippen molar-refractivity contribution in [3.63, 3.8) is 0 Å². The standard InChI is InChI=1S/C28H29Cl2N3O7S/c1-41(38,39)33-8-2-3-16(14-33)11-22(28(36)37)31-26(34)24-21(29)12-19-15-32(9-6-20(19)25(24)30)27(35)18-5-4-17-7-10-40-23(17)13-18/h3-5,12-13,22H,2,6-11,14-15H2,1H3,(H,31,34)(H,36,37). The summed E-state index contributed by atoms with van der Waals surface area (Å²) < 4.78 is 30.7. The van der Waals surface area contributed by atoms with Gasteiger partial charge in [-0.15, -0.1) is 0 Å². The van der Waals surface area contributed by atoms with Gasteiger partial charge in [-0.05, 0) is 47.7 Å². The molecule has 218 valence electrons. The Morgan fingerprint density at radius 3 is 2.61 bits per heavy atom. The Bertz CT molecular complexity index is 1570. The summed E-state index contributed by atoms with van der Waals surface area (Å²) in [7, 11) is -3.44. The minimum atomic E-state index is -3.44. The maximum Gasteiger partial charge on any atom is 0.326 e. The van der Waals surface area contributed by atoms with E-state index in [0.29, 0.717) is 54.8 Å². The summed E-state index contributed by atoms with van der Waals surface area (Å²) in [5, 5.41) is 12.5. The molecule has 41 heavy (non-hydrogen) atoms. The van der Waals surface area contributed by atoms with Crippen LogP contribution in [0.25, 0.3) is 0 Å². The van der Waals surface area contributed by atoms with Gasteiger partial charge in [-0.2, -0.15) is 4.31 Å². The fourth-order valence-electron chi connectivity index (χ4n) is 5.42. The number of benzene rings is 2. The highest BCUT2D eigenvalue weighted by molar-refractivity contribution is 7.88. The molecule has 0 bridgehead atoms. The molecular weight excluding hydrogens is 593 g/mol. The highest BCUT2D eigenvalue weighted by Gasteiger charge is 2.31. The third-order valence-electron chi connectivity index (χ3n) is 7.59. The van der Waals surface area contributed by atoms with E-state index in [4.69, 9.17) is 27.9 Å². The van der Waals surface area contributed by atoms with Gasteiger partial charge in [-0.1, -0.05) is 40.9 Å². The van der Waals surface area contributed by atoms with E-state index in [-0.39, 0.29) is 41.0 Å². The van der Waals surface area contributed by atoms with Crippen LogP contribution < -0.4 is 10.1 Å². The molecule has 3 heterocycles. The predicted molar refractivity (Wildman–Crippen MR) is 153 cm³/mol. The van der Waals surface area contributed by atoms with Gasteiger partial charge in [0.1, 0.15) is 11.8 Å². The van der Waals surface area contributed by atoms with Crippen LogP contribution in [0.5, 0.6) is 5.75 Å². The zero-order chi connectivity index (χ0) is 29.5. The molecule has 3 aliphatic rings. The van der Waals surface area contributed by atoms with Gasteiger partial charge in [0, 0.05) is 44.6 Å². The van der Waals surface area contributed by atoms with Gasteiger partial charge in [-0.25, -0.2) is 13.2 Å². The molecule has 0 aromatic heterocycles. The smallest absolute Gasteiger partial charge is 0.326 e. The maximum atomic E-state index is 13.3. The lowest BCUT2D eigenvalue weighted by molar-refractivity contribution is -0.139. The summed E-state index contributed by atoms with van der Waals surface area (Å²) >= 11 is 13.2. The molecule has 2 amide bonds. The molecule has 0 spiro atoms. The molecule has 0 radical (unpaired) electrons. The Morgan fingerprint density at radius 1 is 1.10 bits per heavy atom. The molecule has 2 aromatic carbocycles. The molecule has 13 heteroatoms. The van der Waals surface area contributed by atoms with Crippen molar-refractivity contribution in [2.24, 2.45) is 0 Å². The number of carboxylic acid groups (broad SMARTS) is 1. The van der Waals surface area contributed by atoms with Gasteiger partial charge in [0.15, 0.2) is 0 Å². The first kappa shape index (κ1) is 29.4. The van der Waals surface area contributed by atoms with E-state index in [1.165, 1.54) is 4.31 Å². The number of carbonyl (C=O) groups excluding carboxylic acids is 2. The predicted octanol–water partition coefficient (Wildman–Crippen LogP) is 3.29. The minimum absolute atomic E-state index is 0.0377. The molecule has 0 saturated heterocycles. The Balaban J connectivity index is 1.31. The van der Waals surface area contributed by atoms with Crippen molar-refractivity contribution < 1.29 is 32.6 Å². The number of rotatable bonds is 7. The number of fused-ring (bicyclic) bond motifs is 2. The van der Waals surface area contributed by atoms with Crippen LogP contribution in [-0.2, 0) is 34.2 Å². The lowest BCUT2D eigenvalue weighted by Gasteiger charge is -2.30. The van der Waals surface area contributed by atoms with Crippen LogP contribution >= 0.6 is 23.2 Å². The lowest BCUT2D eigenvalue weighted by atomic mass is 9.95. The summed E-state index contributed by atoms with van der Waals surface area (Å²) in [6.45, 7) is 1.60. The highest BCUT2D eigenvalue weighted by Crippen LogP contribution is 2.35. The van der Waals surface area contributed by atoms with Crippen LogP contribution in [0.3, 0.4) is 0 Å². The van der Waals surface area contributed by atoms with Crippen LogP contribution in [0, 0.1) is 0 Å². The second-order valence-corrected chi connectivity index (χ2v) is 13.2. The highest BCUT2D eigenvalue weighted by atomic mass is 35.5. The van der Waals surface area contributed by atoms with Crippen molar-refractivity contribution in [1.29, 1.82) is 0 Å². The van der Waals surface area contributed by atoms with Gasteiger partial charge in [0.05, 0.1) is 28.5 Å². The number of sulfonamides is 1. The zero-order valence-electron chi connectivity index (χ0n) is 22.3. The summed E-state index contributed by atoms with van der Waals surface area (Å²) in [4.78, 5) is 40.2. The molecular formula is C28H29Cl2N3O7S. The van der Waals surface area contributed by atoms with Gasteiger partial charge in [0.2, 0.25) is 10.0 Å². The van der Waals surface area contributed by atoms with Crippen LogP contribution in [0.4, 0.5) is 0 Å². The van der Waals surface area contributed by atoms with Crippen LogP contribution in [0.2, 0.25) is 10.0 Å². The van der Waals surface area contributed by atoms with E-state index >= 15 is 0 Å². The van der Waals surface area contributed by atoms with Crippen molar-refractivity contribution in [1.82, 2.24) is 14.5 Å². The molecule has 0 fully saturated rings. The third kappa shape index (κ3) is 6.23. The number of ether oxygens (including phenoxy) is 1. The van der Waals surface area contributed by atoms with Crippen LogP contribution in [0.1, 0.15) is 50.2 Å². The third-order valence-corrected chi connectivity index (χ3v) is 9.56. The molecule has 0 saturated carbocycles. The molecule has 1 atom stereocenters. The SMILES string of the molecule is CS(=O)(=O)N1CCC=C(CC(NC(=O)c2c(Cl)cc3c(c2Cl)CCN(C(=O)c2ccc4c(c2)OCC4)C3)C(=O)O)C1. The number of carbonyl (C=O) groups is 3.